The maximum absolute atomic E-state index is 13.0. The van der Waals surface area contributed by atoms with Crippen molar-refractivity contribution < 1.29 is 9.53 Å². The second kappa shape index (κ2) is 9.89. The molecule has 0 bridgehead atoms. The van der Waals surface area contributed by atoms with Crippen molar-refractivity contribution >= 4 is 29.5 Å². The molecule has 0 aliphatic heterocycles. The molecule has 7 nitrogen and oxygen atoms in total. The second-order valence-corrected chi connectivity index (χ2v) is 7.24. The zero-order valence-electron chi connectivity index (χ0n) is 17.3. The van der Waals surface area contributed by atoms with Crippen LogP contribution in [-0.4, -0.2) is 32.8 Å². The highest BCUT2D eigenvalue weighted by Gasteiger charge is 2.16. The monoisotopic (exact) mass is 445 g/mol. The lowest BCUT2D eigenvalue weighted by atomic mass is 10.2. The quantitative estimate of drug-likeness (QED) is 0.404. The van der Waals surface area contributed by atoms with Crippen LogP contribution >= 0.6 is 11.6 Å². The number of nitrogens with zero attached hydrogens (tertiary/aromatic N) is 4. The number of para-hydroxylation sites is 1. The molecule has 0 aliphatic rings. The van der Waals surface area contributed by atoms with E-state index in [4.69, 9.17) is 16.3 Å². The summed E-state index contributed by atoms with van der Waals surface area (Å²) in [7, 11) is 1.59. The SMILES string of the molecule is COc1ccccc1/C=C/C(=O)n1nc(-c2cccnc2)nc1NCc1ccc(Cl)cc1. The van der Waals surface area contributed by atoms with Gasteiger partial charge in [0.1, 0.15) is 5.75 Å². The molecule has 2 aromatic heterocycles. The summed E-state index contributed by atoms with van der Waals surface area (Å²) >= 11 is 5.96. The van der Waals surface area contributed by atoms with E-state index >= 15 is 0 Å². The summed E-state index contributed by atoms with van der Waals surface area (Å²) in [5.41, 5.74) is 2.48. The Bertz CT molecular complexity index is 1240. The molecule has 4 rings (SSSR count). The molecular formula is C24H20ClN5O2. The summed E-state index contributed by atoms with van der Waals surface area (Å²) in [4.78, 5) is 21.6. The van der Waals surface area contributed by atoms with E-state index in [1.807, 2.05) is 54.6 Å². The predicted octanol–water partition coefficient (Wildman–Crippen LogP) is 4.97. The number of methoxy groups -OCH3 is 1. The number of nitrogens with one attached hydrogen (secondary N) is 1. The Hall–Kier alpha value is -3.97. The van der Waals surface area contributed by atoms with Gasteiger partial charge in [0.15, 0.2) is 5.82 Å². The van der Waals surface area contributed by atoms with Gasteiger partial charge in [0.05, 0.1) is 7.11 Å². The van der Waals surface area contributed by atoms with Crippen molar-refractivity contribution in [3.63, 3.8) is 0 Å². The lowest BCUT2D eigenvalue weighted by molar-refractivity contribution is 0.0957. The Morgan fingerprint density at radius 3 is 2.69 bits per heavy atom. The molecule has 4 aromatic rings. The summed E-state index contributed by atoms with van der Waals surface area (Å²) < 4.78 is 6.58. The molecule has 0 saturated heterocycles. The average Bonchev–Trinajstić information content (AvgIpc) is 3.27. The van der Waals surface area contributed by atoms with Gasteiger partial charge in [0, 0.05) is 41.2 Å². The van der Waals surface area contributed by atoms with Gasteiger partial charge in [-0.15, -0.1) is 5.10 Å². The number of carbonyl (C=O) groups excluding carboxylic acids is 1. The minimum Gasteiger partial charge on any atom is -0.496 e. The van der Waals surface area contributed by atoms with Crippen LogP contribution in [0.3, 0.4) is 0 Å². The minimum atomic E-state index is -0.350. The molecule has 32 heavy (non-hydrogen) atoms. The Balaban J connectivity index is 1.62. The van der Waals surface area contributed by atoms with Crippen molar-refractivity contribution in [3.05, 3.63) is 95.3 Å². The first-order chi connectivity index (χ1) is 15.6. The van der Waals surface area contributed by atoms with E-state index in [1.54, 1.807) is 31.6 Å². The van der Waals surface area contributed by atoms with E-state index in [0.29, 0.717) is 34.7 Å². The Morgan fingerprint density at radius 2 is 1.94 bits per heavy atom. The van der Waals surface area contributed by atoms with Gasteiger partial charge in [-0.3, -0.25) is 9.78 Å². The number of benzene rings is 2. The number of anilines is 1. The molecule has 1 N–H and O–H groups in total. The third-order valence-corrected chi connectivity index (χ3v) is 4.90. The summed E-state index contributed by atoms with van der Waals surface area (Å²) in [5.74, 6) is 1.05. The van der Waals surface area contributed by atoms with Crippen LogP contribution in [0.4, 0.5) is 5.95 Å². The highest BCUT2D eigenvalue weighted by molar-refractivity contribution is 6.30. The van der Waals surface area contributed by atoms with Crippen LogP contribution in [0.5, 0.6) is 5.75 Å². The van der Waals surface area contributed by atoms with Crippen LogP contribution in [0, 0.1) is 0 Å². The highest BCUT2D eigenvalue weighted by atomic mass is 35.5. The van der Waals surface area contributed by atoms with Gasteiger partial charge in [0.25, 0.3) is 5.91 Å². The fourth-order valence-corrected chi connectivity index (χ4v) is 3.14. The number of ether oxygens (including phenoxy) is 1. The van der Waals surface area contributed by atoms with Crippen LogP contribution in [0.25, 0.3) is 17.5 Å². The van der Waals surface area contributed by atoms with Crippen LogP contribution in [0.1, 0.15) is 15.9 Å². The first kappa shape index (κ1) is 21.3. The maximum Gasteiger partial charge on any atom is 0.274 e. The molecule has 0 unspecified atom stereocenters. The van der Waals surface area contributed by atoms with Crippen LogP contribution in [0.2, 0.25) is 5.02 Å². The number of rotatable bonds is 7. The van der Waals surface area contributed by atoms with Gasteiger partial charge in [0.2, 0.25) is 5.95 Å². The standard InChI is InChI=1S/C24H20ClN5O2/c1-32-21-7-3-2-5-18(21)10-13-22(31)30-24(27-15-17-8-11-20(25)12-9-17)28-23(29-30)19-6-4-14-26-16-19/h2-14,16H,15H2,1H3,(H,27,28,29)/b13-10+. The normalized spacial score (nSPS) is 10.9. The zero-order chi connectivity index (χ0) is 22.3. The molecule has 2 aromatic carbocycles. The molecule has 2 heterocycles. The van der Waals surface area contributed by atoms with Gasteiger partial charge >= 0.3 is 0 Å². The van der Waals surface area contributed by atoms with Gasteiger partial charge in [-0.25, -0.2) is 0 Å². The van der Waals surface area contributed by atoms with Crippen molar-refractivity contribution in [3.8, 4) is 17.1 Å². The summed E-state index contributed by atoms with van der Waals surface area (Å²) in [5, 5.41) is 8.26. The smallest absolute Gasteiger partial charge is 0.274 e. The number of halogens is 1. The number of hydrogen-bond donors (Lipinski definition) is 1. The number of hydrogen-bond acceptors (Lipinski definition) is 6. The summed E-state index contributed by atoms with van der Waals surface area (Å²) in [6.07, 6.45) is 6.45. The van der Waals surface area contributed by atoms with Crippen molar-refractivity contribution in [2.45, 2.75) is 6.54 Å². The molecule has 0 saturated carbocycles. The second-order valence-electron chi connectivity index (χ2n) is 6.81. The fraction of sp³-hybridized carbons (Fsp3) is 0.0833. The van der Waals surface area contributed by atoms with Crippen molar-refractivity contribution in [2.75, 3.05) is 12.4 Å². The van der Waals surface area contributed by atoms with Gasteiger partial charge in [-0.1, -0.05) is 41.9 Å². The molecule has 0 amide bonds. The first-order valence-corrected chi connectivity index (χ1v) is 10.2. The number of carbonyl (C=O) groups is 1. The third kappa shape index (κ3) is 5.01. The van der Waals surface area contributed by atoms with Gasteiger partial charge in [-0.2, -0.15) is 9.67 Å². The molecule has 8 heteroatoms. The summed E-state index contributed by atoms with van der Waals surface area (Å²) in [6.45, 7) is 0.450. The van der Waals surface area contributed by atoms with Crippen molar-refractivity contribution in [1.29, 1.82) is 0 Å². The number of aromatic nitrogens is 4. The predicted molar refractivity (Wildman–Crippen MR) is 125 cm³/mol. The Morgan fingerprint density at radius 1 is 1.12 bits per heavy atom. The van der Waals surface area contributed by atoms with Gasteiger partial charge in [-0.05, 0) is 42.0 Å². The van der Waals surface area contributed by atoms with E-state index in [1.165, 1.54) is 10.8 Å². The number of allylic oxidation sites excluding steroid dienone is 1. The van der Waals surface area contributed by atoms with E-state index in [2.05, 4.69) is 20.4 Å². The topological polar surface area (TPSA) is 81.9 Å². The molecule has 160 valence electrons. The molecule has 0 aliphatic carbocycles. The molecule has 0 spiro atoms. The lowest BCUT2D eigenvalue weighted by Gasteiger charge is -2.06. The van der Waals surface area contributed by atoms with E-state index in [9.17, 15) is 4.79 Å². The molecule has 0 fully saturated rings. The van der Waals surface area contributed by atoms with E-state index in [0.717, 1.165) is 11.1 Å². The van der Waals surface area contributed by atoms with Crippen LogP contribution < -0.4 is 10.1 Å². The Kier molecular flexibility index (Phi) is 6.57. The third-order valence-electron chi connectivity index (χ3n) is 4.64. The van der Waals surface area contributed by atoms with Crippen molar-refractivity contribution in [1.82, 2.24) is 19.7 Å². The largest absolute Gasteiger partial charge is 0.496 e. The van der Waals surface area contributed by atoms with Gasteiger partial charge < -0.3 is 10.1 Å². The fourth-order valence-electron chi connectivity index (χ4n) is 3.02. The molecule has 0 atom stereocenters. The van der Waals surface area contributed by atoms with Crippen LogP contribution in [0.15, 0.2) is 79.1 Å². The average molecular weight is 446 g/mol. The molecular weight excluding hydrogens is 426 g/mol. The zero-order valence-corrected chi connectivity index (χ0v) is 18.0. The van der Waals surface area contributed by atoms with E-state index < -0.39 is 0 Å². The van der Waals surface area contributed by atoms with Crippen molar-refractivity contribution in [2.24, 2.45) is 0 Å². The minimum absolute atomic E-state index is 0.327. The van der Waals surface area contributed by atoms with E-state index in [-0.39, 0.29) is 5.91 Å². The Labute approximate surface area is 190 Å². The number of pyridine rings is 1. The molecule has 0 radical (unpaired) electrons. The first-order valence-electron chi connectivity index (χ1n) is 9.85. The highest BCUT2D eigenvalue weighted by Crippen LogP contribution is 2.20. The lowest BCUT2D eigenvalue weighted by Crippen LogP contribution is -2.14. The van der Waals surface area contributed by atoms with Crippen LogP contribution in [-0.2, 0) is 6.54 Å². The summed E-state index contributed by atoms with van der Waals surface area (Å²) in [6, 6.07) is 18.5. The maximum atomic E-state index is 13.0.